The van der Waals surface area contributed by atoms with Gasteiger partial charge in [-0.2, -0.15) is 5.26 Å². The predicted octanol–water partition coefficient (Wildman–Crippen LogP) is 2.42. The first-order valence-electron chi connectivity index (χ1n) is 5.42. The lowest BCUT2D eigenvalue weighted by Crippen LogP contribution is -2.42. The van der Waals surface area contributed by atoms with Gasteiger partial charge in [-0.05, 0) is 32.0 Å². The normalized spacial score (nSPS) is 10.6. The molecule has 96 valence electrons. The van der Waals surface area contributed by atoms with Crippen LogP contribution in [0, 0.1) is 11.3 Å². The molecule has 1 aromatic rings. The zero-order valence-electron chi connectivity index (χ0n) is 10.6. The molecule has 0 spiro atoms. The lowest BCUT2D eigenvalue weighted by Gasteiger charge is -2.18. The molecule has 5 heteroatoms. The maximum absolute atomic E-state index is 11.8. The van der Waals surface area contributed by atoms with E-state index in [4.69, 9.17) is 10.00 Å². The monoisotopic (exact) mass is 310 g/mol. The predicted molar refractivity (Wildman–Crippen MR) is 72.2 cm³/mol. The third-order valence-electron chi connectivity index (χ3n) is 2.32. The van der Waals surface area contributed by atoms with E-state index in [9.17, 15) is 4.79 Å². The van der Waals surface area contributed by atoms with Gasteiger partial charge in [-0.15, -0.1) is 0 Å². The van der Waals surface area contributed by atoms with Crippen LogP contribution in [0.15, 0.2) is 22.7 Å². The van der Waals surface area contributed by atoms with E-state index >= 15 is 0 Å². The molecule has 1 rings (SSSR count). The van der Waals surface area contributed by atoms with E-state index in [1.165, 1.54) is 0 Å². The Hall–Kier alpha value is -1.54. The minimum atomic E-state index is -0.865. The van der Waals surface area contributed by atoms with Crippen LogP contribution >= 0.6 is 15.9 Å². The molecule has 0 aliphatic rings. The summed E-state index contributed by atoms with van der Waals surface area (Å²) in [7, 11) is 1.56. The van der Waals surface area contributed by atoms with Crippen molar-refractivity contribution in [2.75, 3.05) is 7.11 Å². The highest BCUT2D eigenvalue weighted by Crippen LogP contribution is 2.23. The van der Waals surface area contributed by atoms with Crippen LogP contribution in [0.4, 0.5) is 0 Å². The number of nitrogens with zero attached hydrogens (tertiary/aromatic N) is 1. The standard InChI is InChI=1S/C13H15BrN2O2/c1-13(2,8-15)16-12(17)7-9-6-10(14)4-5-11(9)18-3/h4-6H,7H2,1-3H3,(H,16,17). The van der Waals surface area contributed by atoms with Crippen molar-refractivity contribution in [2.45, 2.75) is 25.8 Å². The van der Waals surface area contributed by atoms with Crippen molar-refractivity contribution in [1.82, 2.24) is 5.32 Å². The molecule has 0 aliphatic heterocycles. The quantitative estimate of drug-likeness (QED) is 0.929. The lowest BCUT2D eigenvalue weighted by molar-refractivity contribution is -0.121. The number of benzene rings is 1. The van der Waals surface area contributed by atoms with Crippen LogP contribution < -0.4 is 10.1 Å². The fourth-order valence-electron chi connectivity index (χ4n) is 1.48. The highest BCUT2D eigenvalue weighted by atomic mass is 79.9. The summed E-state index contributed by atoms with van der Waals surface area (Å²) >= 11 is 3.35. The van der Waals surface area contributed by atoms with Gasteiger partial charge in [0.25, 0.3) is 0 Å². The van der Waals surface area contributed by atoms with E-state index in [2.05, 4.69) is 21.2 Å². The molecule has 1 N–H and O–H groups in total. The van der Waals surface area contributed by atoms with E-state index in [1.807, 2.05) is 18.2 Å². The van der Waals surface area contributed by atoms with Crippen molar-refractivity contribution in [1.29, 1.82) is 5.26 Å². The van der Waals surface area contributed by atoms with E-state index in [0.717, 1.165) is 10.0 Å². The van der Waals surface area contributed by atoms with Gasteiger partial charge in [0.15, 0.2) is 0 Å². The molecule has 0 saturated heterocycles. The van der Waals surface area contributed by atoms with E-state index in [0.29, 0.717) is 5.75 Å². The van der Waals surface area contributed by atoms with E-state index < -0.39 is 5.54 Å². The molecule has 0 atom stereocenters. The molecule has 0 bridgehead atoms. The Morgan fingerprint density at radius 1 is 1.56 bits per heavy atom. The first-order chi connectivity index (χ1) is 8.38. The summed E-state index contributed by atoms with van der Waals surface area (Å²) in [6, 6.07) is 7.50. The maximum atomic E-state index is 11.8. The van der Waals surface area contributed by atoms with Crippen molar-refractivity contribution >= 4 is 21.8 Å². The largest absolute Gasteiger partial charge is 0.496 e. The van der Waals surface area contributed by atoms with Gasteiger partial charge in [-0.1, -0.05) is 15.9 Å². The molecule has 1 aromatic carbocycles. The number of hydrogen-bond donors (Lipinski definition) is 1. The van der Waals surface area contributed by atoms with Gasteiger partial charge in [0.1, 0.15) is 11.3 Å². The Labute approximate surface area is 115 Å². The summed E-state index contributed by atoms with van der Waals surface area (Å²) in [4.78, 5) is 11.8. The van der Waals surface area contributed by atoms with Crippen molar-refractivity contribution in [3.63, 3.8) is 0 Å². The highest BCUT2D eigenvalue weighted by Gasteiger charge is 2.20. The summed E-state index contributed by atoms with van der Waals surface area (Å²) in [6.07, 6.45) is 0.174. The molecule has 1 amide bonds. The second-order valence-electron chi connectivity index (χ2n) is 4.42. The number of nitrogens with one attached hydrogen (secondary N) is 1. The smallest absolute Gasteiger partial charge is 0.225 e. The van der Waals surface area contributed by atoms with Crippen LogP contribution in [0.2, 0.25) is 0 Å². The van der Waals surface area contributed by atoms with Crippen LogP contribution in [0.25, 0.3) is 0 Å². The van der Waals surface area contributed by atoms with Gasteiger partial charge in [0.2, 0.25) is 5.91 Å². The molecule has 0 saturated carbocycles. The molecule has 0 aliphatic carbocycles. The average molecular weight is 311 g/mol. The Bertz CT molecular complexity index is 492. The minimum Gasteiger partial charge on any atom is -0.496 e. The molecule has 4 nitrogen and oxygen atoms in total. The summed E-state index contributed by atoms with van der Waals surface area (Å²) < 4.78 is 6.07. The number of rotatable bonds is 4. The first kappa shape index (κ1) is 14.5. The van der Waals surface area contributed by atoms with Crippen LogP contribution in [0.3, 0.4) is 0 Å². The fraction of sp³-hybridized carbons (Fsp3) is 0.385. The van der Waals surface area contributed by atoms with Crippen LogP contribution in [-0.4, -0.2) is 18.6 Å². The third-order valence-corrected chi connectivity index (χ3v) is 2.82. The number of nitriles is 1. The van der Waals surface area contributed by atoms with Gasteiger partial charge >= 0.3 is 0 Å². The third kappa shape index (κ3) is 4.04. The molecule has 0 fully saturated rings. The summed E-state index contributed by atoms with van der Waals surface area (Å²) in [5, 5.41) is 11.5. The molecular formula is C13H15BrN2O2. The SMILES string of the molecule is COc1ccc(Br)cc1CC(=O)NC(C)(C)C#N. The fourth-order valence-corrected chi connectivity index (χ4v) is 1.89. The minimum absolute atomic E-state index is 0.174. The molecular weight excluding hydrogens is 296 g/mol. The Morgan fingerprint density at radius 3 is 2.78 bits per heavy atom. The summed E-state index contributed by atoms with van der Waals surface area (Å²) in [5.41, 5.74) is -0.0887. The number of carbonyl (C=O) groups is 1. The molecule has 0 unspecified atom stereocenters. The van der Waals surface area contributed by atoms with Crippen molar-refractivity contribution < 1.29 is 9.53 Å². The number of halogens is 1. The number of methoxy groups -OCH3 is 1. The first-order valence-corrected chi connectivity index (χ1v) is 6.22. The number of carbonyl (C=O) groups excluding carboxylic acids is 1. The Kier molecular flexibility index (Phi) is 4.74. The van der Waals surface area contributed by atoms with Crippen LogP contribution in [-0.2, 0) is 11.2 Å². The zero-order valence-corrected chi connectivity index (χ0v) is 12.2. The second-order valence-corrected chi connectivity index (χ2v) is 5.33. The molecule has 0 radical (unpaired) electrons. The molecule has 18 heavy (non-hydrogen) atoms. The van der Waals surface area contributed by atoms with Gasteiger partial charge in [-0.3, -0.25) is 4.79 Å². The Balaban J connectivity index is 2.82. The van der Waals surface area contributed by atoms with E-state index in [1.54, 1.807) is 27.0 Å². The van der Waals surface area contributed by atoms with Gasteiger partial charge in [-0.25, -0.2) is 0 Å². The number of ether oxygens (including phenoxy) is 1. The molecule has 0 heterocycles. The van der Waals surface area contributed by atoms with E-state index in [-0.39, 0.29) is 12.3 Å². The van der Waals surface area contributed by atoms with Crippen molar-refractivity contribution in [3.05, 3.63) is 28.2 Å². The topological polar surface area (TPSA) is 62.1 Å². The zero-order chi connectivity index (χ0) is 13.8. The summed E-state index contributed by atoms with van der Waals surface area (Å²) in [6.45, 7) is 3.31. The average Bonchev–Trinajstić information content (AvgIpc) is 2.28. The second kappa shape index (κ2) is 5.87. The Morgan fingerprint density at radius 2 is 2.22 bits per heavy atom. The molecule has 0 aromatic heterocycles. The van der Waals surface area contributed by atoms with Gasteiger partial charge < -0.3 is 10.1 Å². The number of hydrogen-bond acceptors (Lipinski definition) is 3. The van der Waals surface area contributed by atoms with Crippen LogP contribution in [0.5, 0.6) is 5.75 Å². The highest BCUT2D eigenvalue weighted by molar-refractivity contribution is 9.10. The van der Waals surface area contributed by atoms with Crippen molar-refractivity contribution in [2.24, 2.45) is 0 Å². The maximum Gasteiger partial charge on any atom is 0.225 e. The van der Waals surface area contributed by atoms with Gasteiger partial charge in [0, 0.05) is 10.0 Å². The van der Waals surface area contributed by atoms with Gasteiger partial charge in [0.05, 0.1) is 19.6 Å². The van der Waals surface area contributed by atoms with Crippen LogP contribution in [0.1, 0.15) is 19.4 Å². The number of amides is 1. The van der Waals surface area contributed by atoms with Crippen molar-refractivity contribution in [3.8, 4) is 11.8 Å². The lowest BCUT2D eigenvalue weighted by atomic mass is 10.1. The summed E-state index contributed by atoms with van der Waals surface area (Å²) in [5.74, 6) is 0.445.